The van der Waals surface area contributed by atoms with Gasteiger partial charge in [0.15, 0.2) is 0 Å². The molecule has 0 aliphatic carbocycles. The Balaban J connectivity index is 2.14. The number of benzene rings is 1. The summed E-state index contributed by atoms with van der Waals surface area (Å²) >= 11 is 0. The van der Waals surface area contributed by atoms with Gasteiger partial charge in [-0.05, 0) is 36.8 Å². The molecule has 0 amide bonds. The summed E-state index contributed by atoms with van der Waals surface area (Å²) in [4.78, 5) is 15.5. The number of rotatable bonds is 4. The van der Waals surface area contributed by atoms with Crippen LogP contribution in [0.2, 0.25) is 0 Å². The number of hydrogen-bond donors (Lipinski definition) is 0. The third-order valence-corrected chi connectivity index (χ3v) is 2.98. The van der Waals surface area contributed by atoms with Crippen molar-refractivity contribution in [1.82, 2.24) is 4.98 Å². The summed E-state index contributed by atoms with van der Waals surface area (Å²) in [6, 6.07) is 9.09. The molecule has 6 heteroatoms. The molecule has 0 spiro atoms. The Hall–Kier alpha value is -2.37. The van der Waals surface area contributed by atoms with Gasteiger partial charge in [0.25, 0.3) is 0 Å². The average Bonchev–Trinajstić information content (AvgIpc) is 2.47. The zero-order valence-corrected chi connectivity index (χ0v) is 11.9. The first-order chi connectivity index (χ1) is 10.4. The lowest BCUT2D eigenvalue weighted by molar-refractivity contribution is -0.137. The summed E-state index contributed by atoms with van der Waals surface area (Å²) in [6.45, 7) is 2.00. The van der Waals surface area contributed by atoms with E-state index in [0.29, 0.717) is 17.7 Å². The number of alkyl halides is 3. The highest BCUT2D eigenvalue weighted by atomic mass is 19.4. The molecule has 0 atom stereocenters. The van der Waals surface area contributed by atoms with E-state index < -0.39 is 17.7 Å². The average molecular weight is 309 g/mol. The van der Waals surface area contributed by atoms with E-state index in [1.165, 1.54) is 6.07 Å². The second-order valence-electron chi connectivity index (χ2n) is 4.63. The number of carbonyl (C=O) groups excluding carboxylic acids is 1. The molecule has 3 nitrogen and oxygen atoms in total. The number of pyridine rings is 1. The molecule has 0 saturated heterocycles. The number of aromatic nitrogens is 1. The van der Waals surface area contributed by atoms with Crippen LogP contribution in [0.25, 0.3) is 0 Å². The SMILES string of the molecule is CCOC(=O)c1cccc(Cc2ccc(C(F)(F)F)cn2)c1. The van der Waals surface area contributed by atoms with Crippen molar-refractivity contribution >= 4 is 5.97 Å². The second kappa shape index (κ2) is 6.60. The van der Waals surface area contributed by atoms with Gasteiger partial charge < -0.3 is 4.74 Å². The first-order valence-corrected chi connectivity index (χ1v) is 6.68. The number of ether oxygens (including phenoxy) is 1. The van der Waals surface area contributed by atoms with Gasteiger partial charge in [0.05, 0.1) is 17.7 Å². The summed E-state index contributed by atoms with van der Waals surface area (Å²) in [5, 5.41) is 0. The van der Waals surface area contributed by atoms with E-state index in [-0.39, 0.29) is 6.61 Å². The molecule has 1 aromatic carbocycles. The normalized spacial score (nSPS) is 11.3. The van der Waals surface area contributed by atoms with Crippen molar-refractivity contribution in [2.24, 2.45) is 0 Å². The highest BCUT2D eigenvalue weighted by Gasteiger charge is 2.30. The van der Waals surface area contributed by atoms with Crippen LogP contribution in [0.4, 0.5) is 13.2 Å². The molecule has 2 rings (SSSR count). The lowest BCUT2D eigenvalue weighted by atomic mass is 10.1. The largest absolute Gasteiger partial charge is 0.462 e. The van der Waals surface area contributed by atoms with Crippen molar-refractivity contribution in [2.45, 2.75) is 19.5 Å². The Bertz CT molecular complexity index is 651. The zero-order valence-electron chi connectivity index (χ0n) is 11.9. The van der Waals surface area contributed by atoms with E-state index in [4.69, 9.17) is 4.74 Å². The molecule has 2 aromatic rings. The van der Waals surface area contributed by atoms with Crippen molar-refractivity contribution in [3.63, 3.8) is 0 Å². The minimum Gasteiger partial charge on any atom is -0.462 e. The number of carbonyl (C=O) groups is 1. The van der Waals surface area contributed by atoms with Gasteiger partial charge in [-0.2, -0.15) is 13.2 Å². The molecular formula is C16H14F3NO2. The zero-order chi connectivity index (χ0) is 16.2. The Morgan fingerprint density at radius 3 is 2.59 bits per heavy atom. The maximum atomic E-state index is 12.5. The maximum absolute atomic E-state index is 12.5. The molecule has 1 aromatic heterocycles. The summed E-state index contributed by atoms with van der Waals surface area (Å²) in [6.07, 6.45) is -3.24. The third-order valence-electron chi connectivity index (χ3n) is 2.98. The van der Waals surface area contributed by atoms with Crippen LogP contribution < -0.4 is 0 Å². The van der Waals surface area contributed by atoms with E-state index in [0.717, 1.165) is 17.8 Å². The third kappa shape index (κ3) is 4.07. The number of hydrogen-bond acceptors (Lipinski definition) is 3. The topological polar surface area (TPSA) is 39.2 Å². The van der Waals surface area contributed by atoms with Crippen LogP contribution in [0.5, 0.6) is 0 Å². The highest BCUT2D eigenvalue weighted by molar-refractivity contribution is 5.89. The fourth-order valence-electron chi connectivity index (χ4n) is 1.93. The molecule has 0 bridgehead atoms. The Morgan fingerprint density at radius 1 is 1.23 bits per heavy atom. The van der Waals surface area contributed by atoms with Gasteiger partial charge in [-0.1, -0.05) is 12.1 Å². The van der Waals surface area contributed by atoms with E-state index in [2.05, 4.69) is 4.98 Å². The highest BCUT2D eigenvalue weighted by Crippen LogP contribution is 2.28. The maximum Gasteiger partial charge on any atom is 0.417 e. The van der Waals surface area contributed by atoms with Gasteiger partial charge in [0.2, 0.25) is 0 Å². The van der Waals surface area contributed by atoms with Crippen molar-refractivity contribution in [3.8, 4) is 0 Å². The quantitative estimate of drug-likeness (QED) is 0.805. The van der Waals surface area contributed by atoms with Crippen LogP contribution in [-0.4, -0.2) is 17.6 Å². The van der Waals surface area contributed by atoms with E-state index in [9.17, 15) is 18.0 Å². The molecule has 0 radical (unpaired) electrons. The van der Waals surface area contributed by atoms with Gasteiger partial charge in [0, 0.05) is 18.3 Å². The smallest absolute Gasteiger partial charge is 0.417 e. The van der Waals surface area contributed by atoms with E-state index in [1.807, 2.05) is 0 Å². The van der Waals surface area contributed by atoms with Gasteiger partial charge in [0.1, 0.15) is 0 Å². The van der Waals surface area contributed by atoms with Crippen LogP contribution in [0, 0.1) is 0 Å². The first kappa shape index (κ1) is 16.0. The van der Waals surface area contributed by atoms with Gasteiger partial charge in [-0.15, -0.1) is 0 Å². The van der Waals surface area contributed by atoms with Crippen molar-refractivity contribution in [3.05, 3.63) is 65.0 Å². The molecule has 22 heavy (non-hydrogen) atoms. The summed E-state index contributed by atoms with van der Waals surface area (Å²) in [7, 11) is 0. The Kier molecular flexibility index (Phi) is 4.80. The van der Waals surface area contributed by atoms with Crippen LogP contribution >= 0.6 is 0 Å². The fraction of sp³-hybridized carbons (Fsp3) is 0.250. The minimum absolute atomic E-state index is 0.281. The van der Waals surface area contributed by atoms with Crippen molar-refractivity contribution in [1.29, 1.82) is 0 Å². The minimum atomic E-state index is -4.39. The van der Waals surface area contributed by atoms with Crippen LogP contribution in [0.15, 0.2) is 42.6 Å². The Labute approximate surface area is 125 Å². The van der Waals surface area contributed by atoms with Gasteiger partial charge >= 0.3 is 12.1 Å². The molecule has 1 heterocycles. The van der Waals surface area contributed by atoms with E-state index in [1.54, 1.807) is 31.2 Å². The standard InChI is InChI=1S/C16H14F3NO2/c1-2-22-15(21)12-5-3-4-11(8-12)9-14-7-6-13(10-20-14)16(17,18)19/h3-8,10H,2,9H2,1H3. The molecule has 0 unspecified atom stereocenters. The molecule has 0 aliphatic rings. The van der Waals surface area contributed by atoms with Crippen LogP contribution in [0.3, 0.4) is 0 Å². The molecule has 0 aliphatic heterocycles. The number of esters is 1. The fourth-order valence-corrected chi connectivity index (χ4v) is 1.93. The molecule has 0 fully saturated rings. The molecule has 116 valence electrons. The number of halogens is 3. The van der Waals surface area contributed by atoms with Crippen LogP contribution in [-0.2, 0) is 17.3 Å². The molecular weight excluding hydrogens is 295 g/mol. The lowest BCUT2D eigenvalue weighted by Gasteiger charge is -2.08. The molecule has 0 N–H and O–H groups in total. The predicted octanol–water partition coefficient (Wildman–Crippen LogP) is 3.87. The molecule has 0 saturated carbocycles. The summed E-state index contributed by atoms with van der Waals surface area (Å²) < 4.78 is 42.3. The van der Waals surface area contributed by atoms with Gasteiger partial charge in [-0.3, -0.25) is 4.98 Å². The first-order valence-electron chi connectivity index (χ1n) is 6.68. The van der Waals surface area contributed by atoms with E-state index >= 15 is 0 Å². The summed E-state index contributed by atoms with van der Waals surface area (Å²) in [5.74, 6) is -0.426. The summed E-state index contributed by atoms with van der Waals surface area (Å²) in [5.41, 5.74) is 0.898. The van der Waals surface area contributed by atoms with Crippen molar-refractivity contribution in [2.75, 3.05) is 6.61 Å². The lowest BCUT2D eigenvalue weighted by Crippen LogP contribution is -2.07. The predicted molar refractivity (Wildman–Crippen MR) is 74.4 cm³/mol. The van der Waals surface area contributed by atoms with Gasteiger partial charge in [-0.25, -0.2) is 4.79 Å². The number of nitrogens with zero attached hydrogens (tertiary/aromatic N) is 1. The Morgan fingerprint density at radius 2 is 2.00 bits per heavy atom. The second-order valence-corrected chi connectivity index (χ2v) is 4.63. The van der Waals surface area contributed by atoms with Crippen LogP contribution in [0.1, 0.15) is 34.1 Å². The van der Waals surface area contributed by atoms with Crippen molar-refractivity contribution < 1.29 is 22.7 Å². The monoisotopic (exact) mass is 309 g/mol.